The van der Waals surface area contributed by atoms with Crippen LogP contribution in [0.4, 0.5) is 17.6 Å². The molecule has 2 nitrogen and oxygen atoms in total. The minimum absolute atomic E-state index is 0.202. The number of alkyl halides is 3. The first-order valence-electron chi connectivity index (χ1n) is 7.27. The molecule has 0 radical (unpaired) electrons. The lowest BCUT2D eigenvalue weighted by Crippen LogP contribution is -2.37. The standard InChI is InChI=1S/C15H18F4N2/c1-8(2)11-6-12(11)9-3-4-10-13(5-9)21(20-14(10)16)7-15(17,18)19/h4-5,8-9,11-12H,3,6-7H2,1-2H3/t9?,11-,12-/m1/s1. The maximum absolute atomic E-state index is 13.7. The molecule has 0 bridgehead atoms. The first kappa shape index (κ1) is 14.6. The van der Waals surface area contributed by atoms with Gasteiger partial charge in [0.15, 0.2) is 0 Å². The van der Waals surface area contributed by atoms with Gasteiger partial charge in [-0.2, -0.15) is 17.6 Å². The quantitative estimate of drug-likeness (QED) is 0.784. The van der Waals surface area contributed by atoms with Crippen molar-refractivity contribution in [1.82, 2.24) is 9.78 Å². The van der Waals surface area contributed by atoms with Crippen molar-refractivity contribution in [2.45, 2.75) is 39.4 Å². The lowest BCUT2D eigenvalue weighted by molar-refractivity contribution is -0.143. The van der Waals surface area contributed by atoms with E-state index in [0.717, 1.165) is 11.1 Å². The molecule has 2 aliphatic rings. The Bertz CT molecular complexity index is 656. The fourth-order valence-corrected chi connectivity index (χ4v) is 3.43. The fourth-order valence-electron chi connectivity index (χ4n) is 3.43. The molecule has 116 valence electrons. The molecule has 6 heteroatoms. The van der Waals surface area contributed by atoms with Crippen LogP contribution >= 0.6 is 0 Å². The van der Waals surface area contributed by atoms with Gasteiger partial charge in [-0.1, -0.05) is 26.0 Å². The Hall–Kier alpha value is -1.33. The van der Waals surface area contributed by atoms with Gasteiger partial charge in [0, 0.05) is 0 Å². The van der Waals surface area contributed by atoms with Crippen LogP contribution in [0.1, 0.15) is 26.7 Å². The molecule has 0 aromatic carbocycles. The van der Waals surface area contributed by atoms with E-state index in [0.29, 0.717) is 24.2 Å². The fraction of sp³-hybridized carbons (Fsp3) is 0.667. The van der Waals surface area contributed by atoms with Crippen molar-refractivity contribution in [1.29, 1.82) is 0 Å². The van der Waals surface area contributed by atoms with Crippen LogP contribution in [0.5, 0.6) is 0 Å². The van der Waals surface area contributed by atoms with E-state index < -0.39 is 18.7 Å². The van der Waals surface area contributed by atoms with Gasteiger partial charge in [-0.25, -0.2) is 0 Å². The van der Waals surface area contributed by atoms with Crippen molar-refractivity contribution < 1.29 is 17.6 Å². The van der Waals surface area contributed by atoms with Crippen LogP contribution in [0.15, 0.2) is 0 Å². The third-order valence-corrected chi connectivity index (χ3v) is 4.58. The molecule has 3 rings (SSSR count). The number of fused-ring (bicyclic) bond motifs is 1. The Balaban J connectivity index is 1.92. The first-order chi connectivity index (χ1) is 9.76. The van der Waals surface area contributed by atoms with Crippen molar-refractivity contribution in [2.75, 3.05) is 0 Å². The number of halogens is 4. The summed E-state index contributed by atoms with van der Waals surface area (Å²) in [6.45, 7) is 3.08. The molecule has 0 N–H and O–H groups in total. The van der Waals surface area contributed by atoms with Crippen LogP contribution in [0, 0.1) is 29.6 Å². The largest absolute Gasteiger partial charge is 0.408 e. The minimum Gasteiger partial charge on any atom is -0.253 e. The number of rotatable bonds is 3. The van der Waals surface area contributed by atoms with Crippen LogP contribution in [-0.2, 0) is 6.54 Å². The van der Waals surface area contributed by atoms with E-state index >= 15 is 0 Å². The third-order valence-electron chi connectivity index (χ3n) is 4.58. The first-order valence-corrected chi connectivity index (χ1v) is 7.27. The van der Waals surface area contributed by atoms with Crippen molar-refractivity contribution in [2.24, 2.45) is 23.7 Å². The summed E-state index contributed by atoms with van der Waals surface area (Å²) >= 11 is 0. The highest BCUT2D eigenvalue weighted by Crippen LogP contribution is 2.50. The molecule has 3 atom stereocenters. The normalized spacial score (nSPS) is 28.0. The molecule has 1 aromatic heterocycles. The van der Waals surface area contributed by atoms with Gasteiger partial charge >= 0.3 is 6.18 Å². The van der Waals surface area contributed by atoms with Crippen LogP contribution in [-0.4, -0.2) is 16.0 Å². The average Bonchev–Trinajstić information content (AvgIpc) is 3.11. The Morgan fingerprint density at radius 2 is 2.10 bits per heavy atom. The lowest BCUT2D eigenvalue weighted by Gasteiger charge is -2.15. The lowest BCUT2D eigenvalue weighted by atomic mass is 9.92. The molecular weight excluding hydrogens is 284 g/mol. The Morgan fingerprint density at radius 3 is 2.67 bits per heavy atom. The molecule has 0 amide bonds. The summed E-state index contributed by atoms with van der Waals surface area (Å²) in [4.78, 5) is 0. The Labute approximate surface area is 120 Å². The van der Waals surface area contributed by atoms with Crippen LogP contribution < -0.4 is 10.6 Å². The molecule has 2 aliphatic carbocycles. The predicted octanol–water partition coefficient (Wildman–Crippen LogP) is 2.46. The summed E-state index contributed by atoms with van der Waals surface area (Å²) in [5, 5.41) is 3.92. The zero-order chi connectivity index (χ0) is 15.4. The second-order valence-corrected chi connectivity index (χ2v) is 6.44. The second kappa shape index (κ2) is 4.85. The molecule has 0 spiro atoms. The van der Waals surface area contributed by atoms with Gasteiger partial charge in [-0.05, 0) is 36.5 Å². The van der Waals surface area contributed by atoms with E-state index in [1.54, 1.807) is 12.2 Å². The molecule has 0 saturated heterocycles. The summed E-state index contributed by atoms with van der Waals surface area (Å²) in [6.07, 6.45) is 0.898. The van der Waals surface area contributed by atoms with E-state index in [4.69, 9.17) is 0 Å². The SMILES string of the molecule is CC(C)[C@H]1C[C@@H]1C1C=c2c(c(F)nn2CC(F)(F)F)=CC1. The zero-order valence-corrected chi connectivity index (χ0v) is 12.0. The van der Waals surface area contributed by atoms with Gasteiger partial charge in [-0.15, -0.1) is 5.10 Å². The summed E-state index contributed by atoms with van der Waals surface area (Å²) < 4.78 is 52.1. The monoisotopic (exact) mass is 302 g/mol. The van der Waals surface area contributed by atoms with E-state index in [-0.39, 0.29) is 16.5 Å². The molecule has 1 fully saturated rings. The highest BCUT2D eigenvalue weighted by atomic mass is 19.4. The van der Waals surface area contributed by atoms with Gasteiger partial charge in [0.25, 0.3) is 0 Å². The summed E-state index contributed by atoms with van der Waals surface area (Å²) in [5.74, 6) is 1.12. The molecule has 1 heterocycles. The van der Waals surface area contributed by atoms with Crippen molar-refractivity contribution >= 4 is 12.2 Å². The minimum atomic E-state index is -4.40. The topological polar surface area (TPSA) is 17.8 Å². The van der Waals surface area contributed by atoms with Gasteiger partial charge in [0.1, 0.15) is 6.54 Å². The smallest absolute Gasteiger partial charge is 0.253 e. The van der Waals surface area contributed by atoms with Gasteiger partial charge in [0.05, 0.1) is 10.6 Å². The van der Waals surface area contributed by atoms with Crippen LogP contribution in [0.2, 0.25) is 0 Å². The molecule has 1 saturated carbocycles. The van der Waals surface area contributed by atoms with Gasteiger partial charge < -0.3 is 0 Å². The van der Waals surface area contributed by atoms with Gasteiger partial charge in [0.2, 0.25) is 5.95 Å². The van der Waals surface area contributed by atoms with Crippen molar-refractivity contribution in [3.8, 4) is 0 Å². The maximum atomic E-state index is 13.7. The van der Waals surface area contributed by atoms with Gasteiger partial charge in [-0.3, -0.25) is 4.68 Å². The molecular formula is C15H18F4N2. The zero-order valence-electron chi connectivity index (χ0n) is 12.0. The highest BCUT2D eigenvalue weighted by molar-refractivity contribution is 5.40. The molecule has 1 unspecified atom stereocenters. The van der Waals surface area contributed by atoms with E-state index in [2.05, 4.69) is 18.9 Å². The van der Waals surface area contributed by atoms with E-state index in [1.165, 1.54) is 0 Å². The number of nitrogens with zero attached hydrogens (tertiary/aromatic N) is 2. The Morgan fingerprint density at radius 1 is 1.38 bits per heavy atom. The van der Waals surface area contributed by atoms with Crippen LogP contribution in [0.25, 0.3) is 12.2 Å². The highest BCUT2D eigenvalue weighted by Gasteiger charge is 2.43. The van der Waals surface area contributed by atoms with Crippen molar-refractivity contribution in [3.05, 3.63) is 16.5 Å². The molecule has 21 heavy (non-hydrogen) atoms. The summed E-state index contributed by atoms with van der Waals surface area (Å²) in [6, 6.07) is 0. The third kappa shape index (κ3) is 2.85. The number of aromatic nitrogens is 2. The Kier molecular flexibility index (Phi) is 3.37. The van der Waals surface area contributed by atoms with Crippen LogP contribution in [0.3, 0.4) is 0 Å². The predicted molar refractivity (Wildman–Crippen MR) is 71.0 cm³/mol. The second-order valence-electron chi connectivity index (χ2n) is 6.44. The number of hydrogen-bond donors (Lipinski definition) is 0. The average molecular weight is 302 g/mol. The molecule has 1 aromatic rings. The van der Waals surface area contributed by atoms with Crippen molar-refractivity contribution in [3.63, 3.8) is 0 Å². The van der Waals surface area contributed by atoms with E-state index in [9.17, 15) is 17.6 Å². The molecule has 0 aliphatic heterocycles. The maximum Gasteiger partial charge on any atom is 0.408 e. The number of hydrogen-bond acceptors (Lipinski definition) is 1. The summed E-state index contributed by atoms with van der Waals surface area (Å²) in [7, 11) is 0. The van der Waals surface area contributed by atoms with E-state index in [1.807, 2.05) is 0 Å². The summed E-state index contributed by atoms with van der Waals surface area (Å²) in [5.41, 5.74) is 0.